The van der Waals surface area contributed by atoms with E-state index in [1.165, 1.54) is 0 Å². The minimum Gasteiger partial charge on any atom is -0.376 e. The smallest absolute Gasteiger partial charge is 0.251 e. The van der Waals surface area contributed by atoms with E-state index in [0.29, 0.717) is 12.1 Å². The highest BCUT2D eigenvalue weighted by Crippen LogP contribution is 2.13. The highest BCUT2D eigenvalue weighted by atomic mass is 16.2. The number of hydrogen-bond donors (Lipinski definition) is 2. The van der Waals surface area contributed by atoms with Crippen LogP contribution in [0, 0.1) is 0 Å². The molecule has 25 heavy (non-hydrogen) atoms. The molecule has 2 amide bonds. The van der Waals surface area contributed by atoms with E-state index in [9.17, 15) is 9.59 Å². The average molecular weight is 339 g/mol. The second kappa shape index (κ2) is 9.47. The van der Waals surface area contributed by atoms with Crippen molar-refractivity contribution in [2.24, 2.45) is 0 Å². The predicted octanol–water partition coefficient (Wildman–Crippen LogP) is 3.29. The minimum atomic E-state index is -0.0927. The van der Waals surface area contributed by atoms with Crippen molar-refractivity contribution < 1.29 is 9.59 Å². The molecule has 132 valence electrons. The van der Waals surface area contributed by atoms with Crippen molar-refractivity contribution in [1.82, 2.24) is 5.32 Å². The van der Waals surface area contributed by atoms with Gasteiger partial charge in [0.05, 0.1) is 6.54 Å². The summed E-state index contributed by atoms with van der Waals surface area (Å²) in [6, 6.07) is 16.7. The summed E-state index contributed by atoms with van der Waals surface area (Å²) in [4.78, 5) is 26.0. The van der Waals surface area contributed by atoms with E-state index < -0.39 is 0 Å². The zero-order valence-electron chi connectivity index (χ0n) is 14.8. The third-order valence-electron chi connectivity index (χ3n) is 3.90. The molecule has 0 heterocycles. The van der Waals surface area contributed by atoms with E-state index in [-0.39, 0.29) is 18.4 Å². The first-order chi connectivity index (χ1) is 12.1. The molecule has 0 aromatic heterocycles. The number of likely N-dealkylation sites (N-methyl/N-ethyl adjacent to an activating group) is 1. The van der Waals surface area contributed by atoms with Crippen LogP contribution in [0.25, 0.3) is 0 Å². The molecule has 5 heteroatoms. The summed E-state index contributed by atoms with van der Waals surface area (Å²) in [5, 5.41) is 5.98. The van der Waals surface area contributed by atoms with E-state index >= 15 is 0 Å². The molecule has 0 aliphatic rings. The van der Waals surface area contributed by atoms with E-state index in [1.807, 2.05) is 42.5 Å². The summed E-state index contributed by atoms with van der Waals surface area (Å²) in [7, 11) is 1.75. The third kappa shape index (κ3) is 5.64. The Morgan fingerprint density at radius 3 is 2.52 bits per heavy atom. The van der Waals surface area contributed by atoms with E-state index in [2.05, 4.69) is 17.6 Å². The van der Waals surface area contributed by atoms with Crippen molar-refractivity contribution >= 4 is 23.2 Å². The van der Waals surface area contributed by atoms with Crippen LogP contribution in [-0.2, 0) is 4.79 Å². The van der Waals surface area contributed by atoms with Crippen LogP contribution in [0.2, 0.25) is 0 Å². The fourth-order valence-electron chi connectivity index (χ4n) is 2.34. The van der Waals surface area contributed by atoms with Crippen molar-refractivity contribution in [1.29, 1.82) is 0 Å². The maximum Gasteiger partial charge on any atom is 0.251 e. The Morgan fingerprint density at radius 1 is 1.04 bits per heavy atom. The van der Waals surface area contributed by atoms with Crippen LogP contribution >= 0.6 is 0 Å². The van der Waals surface area contributed by atoms with Gasteiger partial charge in [0.2, 0.25) is 5.91 Å². The van der Waals surface area contributed by atoms with Gasteiger partial charge in [-0.2, -0.15) is 0 Å². The Hall–Kier alpha value is -2.82. The normalized spacial score (nSPS) is 10.2. The first-order valence-electron chi connectivity index (χ1n) is 8.55. The number of nitrogens with zero attached hydrogens (tertiary/aromatic N) is 1. The summed E-state index contributed by atoms with van der Waals surface area (Å²) in [6.07, 6.45) is 2.00. The fourth-order valence-corrected chi connectivity index (χ4v) is 2.34. The second-order valence-corrected chi connectivity index (χ2v) is 5.83. The van der Waals surface area contributed by atoms with Gasteiger partial charge in [-0.25, -0.2) is 0 Å². The number of carbonyl (C=O) groups is 2. The van der Waals surface area contributed by atoms with E-state index in [4.69, 9.17) is 0 Å². The van der Waals surface area contributed by atoms with Crippen molar-refractivity contribution in [2.45, 2.75) is 19.8 Å². The van der Waals surface area contributed by atoms with Gasteiger partial charge in [-0.15, -0.1) is 0 Å². The van der Waals surface area contributed by atoms with Crippen LogP contribution in [-0.4, -0.2) is 32.0 Å². The minimum absolute atomic E-state index is 0.0519. The van der Waals surface area contributed by atoms with Gasteiger partial charge in [0.15, 0.2) is 0 Å². The number of anilines is 2. The molecule has 0 saturated carbocycles. The predicted molar refractivity (Wildman–Crippen MR) is 102 cm³/mol. The lowest BCUT2D eigenvalue weighted by atomic mass is 10.2. The van der Waals surface area contributed by atoms with Crippen LogP contribution < -0.4 is 15.5 Å². The summed E-state index contributed by atoms with van der Waals surface area (Å²) in [6.45, 7) is 2.92. The number of carbonyl (C=O) groups excluding carboxylic acids is 2. The van der Waals surface area contributed by atoms with Gasteiger partial charge in [-0.05, 0) is 36.8 Å². The number of unbranched alkanes of at least 4 members (excludes halogenated alkanes) is 1. The molecule has 0 bridgehead atoms. The second-order valence-electron chi connectivity index (χ2n) is 5.83. The van der Waals surface area contributed by atoms with Gasteiger partial charge in [-0.3, -0.25) is 9.59 Å². The number of amides is 2. The summed E-state index contributed by atoms with van der Waals surface area (Å²) < 4.78 is 0. The molecule has 0 radical (unpaired) electrons. The molecule has 2 rings (SSSR count). The molecule has 0 unspecified atom stereocenters. The van der Waals surface area contributed by atoms with Crippen LogP contribution in [0.15, 0.2) is 54.6 Å². The van der Waals surface area contributed by atoms with Crippen molar-refractivity contribution in [2.75, 3.05) is 30.4 Å². The monoisotopic (exact) mass is 339 g/mol. The number of para-hydroxylation sites is 1. The van der Waals surface area contributed by atoms with Gasteiger partial charge < -0.3 is 15.5 Å². The topological polar surface area (TPSA) is 61.4 Å². The first-order valence-corrected chi connectivity index (χ1v) is 8.55. The molecule has 2 aromatic rings. The van der Waals surface area contributed by atoms with Crippen LogP contribution in [0.1, 0.15) is 30.1 Å². The number of nitrogens with one attached hydrogen (secondary N) is 2. The summed E-state index contributed by atoms with van der Waals surface area (Å²) in [5.41, 5.74) is 2.18. The molecular formula is C20H25N3O2. The number of benzene rings is 2. The Labute approximate surface area is 149 Å². The van der Waals surface area contributed by atoms with Crippen molar-refractivity contribution in [3.8, 4) is 0 Å². The third-order valence-corrected chi connectivity index (χ3v) is 3.90. The van der Waals surface area contributed by atoms with Gasteiger partial charge in [0.1, 0.15) is 0 Å². The molecule has 0 aliphatic carbocycles. The molecule has 5 nitrogen and oxygen atoms in total. The molecule has 0 spiro atoms. The van der Waals surface area contributed by atoms with Gasteiger partial charge >= 0.3 is 0 Å². The highest BCUT2D eigenvalue weighted by molar-refractivity contribution is 5.97. The zero-order chi connectivity index (χ0) is 18.1. The fraction of sp³-hybridized carbons (Fsp3) is 0.300. The molecule has 0 saturated heterocycles. The number of hydrogen-bond acceptors (Lipinski definition) is 3. The standard InChI is InChI=1S/C20H25N3O2/c1-3-4-13-21-20(25)16-9-8-10-17(14-16)22-15-19(24)23(2)18-11-6-5-7-12-18/h5-12,14,22H,3-4,13,15H2,1-2H3,(H,21,25). The molecular weight excluding hydrogens is 314 g/mol. The van der Waals surface area contributed by atoms with E-state index in [0.717, 1.165) is 24.2 Å². The van der Waals surface area contributed by atoms with Crippen molar-refractivity contribution in [3.63, 3.8) is 0 Å². The Morgan fingerprint density at radius 2 is 1.80 bits per heavy atom. The SMILES string of the molecule is CCCCNC(=O)c1cccc(NCC(=O)N(C)c2ccccc2)c1. The number of rotatable bonds is 8. The molecule has 2 N–H and O–H groups in total. The van der Waals surface area contributed by atoms with Crippen LogP contribution in [0.5, 0.6) is 0 Å². The lowest BCUT2D eigenvalue weighted by Crippen LogP contribution is -2.32. The largest absolute Gasteiger partial charge is 0.376 e. The molecule has 0 atom stereocenters. The summed E-state index contributed by atoms with van der Waals surface area (Å²) >= 11 is 0. The first kappa shape index (κ1) is 18.5. The highest BCUT2D eigenvalue weighted by Gasteiger charge is 2.11. The lowest BCUT2D eigenvalue weighted by Gasteiger charge is -2.18. The van der Waals surface area contributed by atoms with Crippen LogP contribution in [0.3, 0.4) is 0 Å². The summed E-state index contributed by atoms with van der Waals surface area (Å²) in [5.74, 6) is -0.145. The average Bonchev–Trinajstić information content (AvgIpc) is 2.66. The maximum atomic E-state index is 12.3. The molecule has 2 aromatic carbocycles. The molecule has 0 fully saturated rings. The zero-order valence-corrected chi connectivity index (χ0v) is 14.8. The van der Waals surface area contributed by atoms with Gasteiger partial charge in [0, 0.05) is 30.5 Å². The quantitative estimate of drug-likeness (QED) is 0.726. The van der Waals surface area contributed by atoms with Crippen molar-refractivity contribution in [3.05, 3.63) is 60.2 Å². The lowest BCUT2D eigenvalue weighted by molar-refractivity contribution is -0.116. The van der Waals surface area contributed by atoms with E-state index in [1.54, 1.807) is 24.1 Å². The Balaban J connectivity index is 1.91. The molecule has 0 aliphatic heterocycles. The van der Waals surface area contributed by atoms with Gasteiger partial charge in [0.25, 0.3) is 5.91 Å². The van der Waals surface area contributed by atoms with Gasteiger partial charge in [-0.1, -0.05) is 37.6 Å². The van der Waals surface area contributed by atoms with Crippen LogP contribution in [0.4, 0.5) is 11.4 Å². The Bertz CT molecular complexity index is 701. The Kier molecular flexibility index (Phi) is 7.01. The maximum absolute atomic E-state index is 12.3.